The highest BCUT2D eigenvalue weighted by Gasteiger charge is 2.83. The molecule has 0 aromatic heterocycles. The maximum atomic E-state index is 12.0. The Balaban J connectivity index is 1.93. The molecule has 0 saturated carbocycles. The highest BCUT2D eigenvalue weighted by Crippen LogP contribution is 2.55. The van der Waals surface area contributed by atoms with Gasteiger partial charge in [-0.2, -0.15) is 0 Å². The van der Waals surface area contributed by atoms with E-state index in [0.29, 0.717) is 48.7 Å². The largest absolute Gasteiger partial charge is 0.479 e. The summed E-state index contributed by atoms with van der Waals surface area (Å²) < 4.78 is 98.1. The normalized spacial score (nSPS) is 40.1. The van der Waals surface area contributed by atoms with Crippen LogP contribution < -0.4 is 0 Å². The average Bonchev–Trinajstić information content (AvgIpc) is 2.88. The molecule has 22 heteroatoms. The molecule has 0 radical (unpaired) electrons. The summed E-state index contributed by atoms with van der Waals surface area (Å²) in [5.74, 6) is 0.300. The van der Waals surface area contributed by atoms with Crippen LogP contribution in [0.3, 0.4) is 0 Å². The third-order valence-corrected chi connectivity index (χ3v) is 49.3. The summed E-state index contributed by atoms with van der Waals surface area (Å²) in [4.78, 5) is 12.0. The van der Waals surface area contributed by atoms with Crippen molar-refractivity contribution in [2.45, 2.75) is 159 Å². The number of rotatable bonds is 18. The maximum Gasteiger partial charge on any atom is 0.479 e. The SMILES string of the molecule is CC(=O)OCCC[Si]12O[Si]3(CC(C)C)O[Si]4(CC(C)C)O[Si](CC(C)C)(O1)O[Si]1(CC(C)C)O[Si](CC(C)C)(O2)O[Si](CC(C)C)(O3)O[Si](CC(C)C)(O4)O1. The van der Waals surface area contributed by atoms with Gasteiger partial charge >= 0.3 is 76.4 Å². The summed E-state index contributed by atoms with van der Waals surface area (Å²) in [6.45, 7) is 31.5. The lowest BCUT2D eigenvalue weighted by Crippen LogP contribution is -2.88. The van der Waals surface area contributed by atoms with E-state index in [1.165, 1.54) is 6.92 Å². The molecule has 6 rings (SSSR count). The minimum absolute atomic E-state index is 0.0813. The Morgan fingerprint density at radius 2 is 0.545 bits per heavy atom. The lowest BCUT2D eigenvalue weighted by atomic mass is 10.3. The Hall–Kier alpha value is 0.725. The van der Waals surface area contributed by atoms with E-state index in [1.54, 1.807) is 0 Å². The van der Waals surface area contributed by atoms with Gasteiger partial charge in [0.1, 0.15) is 0 Å². The molecule has 0 atom stereocenters. The summed E-state index contributed by atoms with van der Waals surface area (Å²) in [7, 11) is -31.7. The zero-order chi connectivity index (χ0) is 40.9. The second-order valence-corrected chi connectivity index (χ2v) is 43.4. The molecule has 6 saturated heterocycles. The van der Waals surface area contributed by atoms with Crippen LogP contribution in [-0.4, -0.2) is 83.0 Å². The lowest BCUT2D eigenvalue weighted by molar-refractivity contribution is -0.141. The molecule has 6 heterocycles. The Morgan fingerprint density at radius 1 is 0.364 bits per heavy atom. The van der Waals surface area contributed by atoms with Crippen molar-refractivity contribution in [2.75, 3.05) is 6.61 Å². The van der Waals surface area contributed by atoms with Gasteiger partial charge in [0.25, 0.3) is 0 Å². The molecule has 0 unspecified atom stereocenters. The van der Waals surface area contributed by atoms with Crippen molar-refractivity contribution in [3.8, 4) is 0 Å². The zero-order valence-corrected chi connectivity index (χ0v) is 44.3. The van der Waals surface area contributed by atoms with Crippen LogP contribution in [0.1, 0.15) is 110 Å². The summed E-state index contributed by atoms with van der Waals surface area (Å²) in [6.07, 6.45) is 0.405. The standard InChI is InChI=1S/C33H72O14Si8/c1-26(2)19-49-36-48(18-16-17-35-33(15)34)37-50(20-27(3)4)41-52(39-49,22-29(7)8)45-55(25-32(13)14)46-53(40-49,23-30(9)10)42-51(38-48,21-28(5)6)44-54(43-50,47-55)24-31(11)12/h26-32H,16-25H2,1-15H3. The van der Waals surface area contributed by atoms with E-state index in [2.05, 4.69) is 96.9 Å². The maximum absolute atomic E-state index is 12.0. The molecule has 8 bridgehead atoms. The van der Waals surface area contributed by atoms with Gasteiger partial charge in [0, 0.05) is 55.3 Å². The fourth-order valence-corrected chi connectivity index (χ4v) is 59.9. The first-order valence-electron chi connectivity index (χ1n) is 20.9. The molecule has 0 N–H and O–H groups in total. The van der Waals surface area contributed by atoms with E-state index >= 15 is 0 Å². The first kappa shape index (κ1) is 46.8. The van der Waals surface area contributed by atoms with Gasteiger partial charge in [0.2, 0.25) is 0 Å². The second-order valence-electron chi connectivity index (χ2n) is 19.3. The summed E-state index contributed by atoms with van der Waals surface area (Å²) in [5, 5.41) is 0. The van der Waals surface area contributed by atoms with Crippen molar-refractivity contribution in [1.82, 2.24) is 0 Å². The molecular weight excluding hydrogens is 845 g/mol. The van der Waals surface area contributed by atoms with Crippen LogP contribution in [0.5, 0.6) is 0 Å². The summed E-state index contributed by atoms with van der Waals surface area (Å²) >= 11 is 0. The molecular formula is C33H72O14Si8. The van der Waals surface area contributed by atoms with Crippen LogP contribution in [0.4, 0.5) is 0 Å². The van der Waals surface area contributed by atoms with Crippen LogP contribution in [0.15, 0.2) is 0 Å². The van der Waals surface area contributed by atoms with Gasteiger partial charge in [-0.05, 0) is 47.8 Å². The van der Waals surface area contributed by atoms with Gasteiger partial charge in [0.15, 0.2) is 0 Å². The van der Waals surface area contributed by atoms with E-state index in [9.17, 15) is 4.79 Å². The third-order valence-electron chi connectivity index (χ3n) is 9.27. The monoisotopic (exact) mass is 916 g/mol. The fourth-order valence-electron chi connectivity index (χ4n) is 8.38. The van der Waals surface area contributed by atoms with Gasteiger partial charge in [-0.15, -0.1) is 0 Å². The molecule has 320 valence electrons. The molecule has 0 aliphatic carbocycles. The van der Waals surface area contributed by atoms with Crippen molar-refractivity contribution in [1.29, 1.82) is 0 Å². The van der Waals surface area contributed by atoms with Gasteiger partial charge in [0.05, 0.1) is 6.61 Å². The first-order valence-corrected chi connectivity index (χ1v) is 36.3. The highest BCUT2D eigenvalue weighted by atomic mass is 28.6. The van der Waals surface area contributed by atoms with Crippen molar-refractivity contribution >= 4 is 76.4 Å². The van der Waals surface area contributed by atoms with Gasteiger partial charge in [-0.3, -0.25) is 4.79 Å². The lowest BCUT2D eigenvalue weighted by Gasteiger charge is -2.64. The Labute approximate surface area is 340 Å². The number of esters is 1. The zero-order valence-electron chi connectivity index (χ0n) is 36.3. The molecule has 6 aliphatic rings. The van der Waals surface area contributed by atoms with E-state index in [4.69, 9.17) is 54.1 Å². The number of hydrogen-bond acceptors (Lipinski definition) is 14. The smallest absolute Gasteiger partial charge is 0.466 e. The van der Waals surface area contributed by atoms with Gasteiger partial charge in [-0.1, -0.05) is 96.9 Å². The fraction of sp³-hybridized carbons (Fsp3) is 0.970. The Morgan fingerprint density at radius 3 is 0.709 bits per heavy atom. The van der Waals surface area contributed by atoms with Crippen molar-refractivity contribution in [3.05, 3.63) is 0 Å². The van der Waals surface area contributed by atoms with Gasteiger partial charge < -0.3 is 54.1 Å². The Kier molecular flexibility index (Phi) is 14.7. The highest BCUT2D eigenvalue weighted by molar-refractivity contribution is 7.03. The molecule has 55 heavy (non-hydrogen) atoms. The predicted octanol–water partition coefficient (Wildman–Crippen LogP) is 8.31. The quantitative estimate of drug-likeness (QED) is 0.0741. The van der Waals surface area contributed by atoms with Crippen LogP contribution in [0.2, 0.25) is 48.4 Å². The van der Waals surface area contributed by atoms with Gasteiger partial charge in [-0.25, -0.2) is 0 Å². The molecule has 0 amide bonds. The third kappa shape index (κ3) is 11.4. The van der Waals surface area contributed by atoms with Crippen molar-refractivity contribution in [3.63, 3.8) is 0 Å². The van der Waals surface area contributed by atoms with Crippen LogP contribution in [-0.2, 0) is 58.9 Å². The molecule has 0 spiro atoms. The number of hydrogen-bond donors (Lipinski definition) is 0. The first-order chi connectivity index (χ1) is 25.3. The minimum atomic E-state index is -4.05. The van der Waals surface area contributed by atoms with E-state index < -0.39 is 70.4 Å². The van der Waals surface area contributed by atoms with Crippen LogP contribution in [0.25, 0.3) is 0 Å². The molecule has 0 aromatic rings. The number of ether oxygens (including phenoxy) is 1. The Bertz CT molecular complexity index is 1190. The average molecular weight is 918 g/mol. The number of carbonyl (C=O) groups excluding carboxylic acids is 1. The summed E-state index contributed by atoms with van der Waals surface area (Å²) in [6, 6.07) is 3.42. The van der Waals surface area contributed by atoms with E-state index in [-0.39, 0.29) is 60.0 Å². The molecule has 6 aliphatic heterocycles. The van der Waals surface area contributed by atoms with E-state index in [0.717, 1.165) is 0 Å². The second kappa shape index (κ2) is 17.2. The van der Waals surface area contributed by atoms with E-state index in [1.807, 2.05) is 0 Å². The van der Waals surface area contributed by atoms with Crippen molar-refractivity contribution < 1.29 is 58.9 Å². The summed E-state index contributed by atoms with van der Waals surface area (Å²) in [5.41, 5.74) is 0. The molecule has 6 fully saturated rings. The number of carbonyl (C=O) groups is 1. The molecule has 14 nitrogen and oxygen atoms in total. The minimum Gasteiger partial charge on any atom is -0.466 e. The van der Waals surface area contributed by atoms with Crippen LogP contribution >= 0.6 is 0 Å². The van der Waals surface area contributed by atoms with Crippen LogP contribution in [0, 0.1) is 41.4 Å². The van der Waals surface area contributed by atoms with Crippen molar-refractivity contribution in [2.24, 2.45) is 41.4 Å². The predicted molar refractivity (Wildman–Crippen MR) is 223 cm³/mol. The topological polar surface area (TPSA) is 137 Å². The molecule has 0 aromatic carbocycles.